The first-order chi connectivity index (χ1) is 28.7. The summed E-state index contributed by atoms with van der Waals surface area (Å²) in [4.78, 5) is 18.1. The van der Waals surface area contributed by atoms with Crippen LogP contribution in [0.4, 0.5) is 0 Å². The van der Waals surface area contributed by atoms with Crippen molar-refractivity contribution >= 4 is 55.2 Å². The topological polar surface area (TPSA) is 95.9 Å². The summed E-state index contributed by atoms with van der Waals surface area (Å²) in [6.07, 6.45) is 4.18. The summed E-state index contributed by atoms with van der Waals surface area (Å²) in [5, 5.41) is 1.71. The number of aromatic nitrogens is 5. The first-order valence-electron chi connectivity index (χ1n) is 20.7. The number of fused-ring (bicyclic) bond motifs is 8. The number of furan rings is 1. The van der Waals surface area contributed by atoms with Gasteiger partial charge in [0.05, 0.1) is 28.0 Å². The second-order valence-electron chi connectivity index (χ2n) is 13.8. The molecule has 0 fully saturated rings. The number of benzene rings is 5. The number of pyridine rings is 1. The fourth-order valence-electron chi connectivity index (χ4n) is 7.06. The van der Waals surface area contributed by atoms with Gasteiger partial charge in [0.1, 0.15) is 5.52 Å². The molecule has 0 unspecified atom stereocenters. The van der Waals surface area contributed by atoms with Crippen molar-refractivity contribution in [1.29, 1.82) is 0 Å². The number of para-hydroxylation sites is 3. The van der Waals surface area contributed by atoms with Crippen LogP contribution < -0.4 is 0 Å². The zero-order valence-electron chi connectivity index (χ0n) is 36.3. The maximum absolute atomic E-state index is 7.28. The number of nitrogens with zero attached hydrogens (tertiary/aromatic N) is 5. The van der Waals surface area contributed by atoms with Crippen LogP contribution in [0, 0.1) is 25.8 Å². The Bertz CT molecular complexity index is 3120. The van der Waals surface area contributed by atoms with Gasteiger partial charge in [0.2, 0.25) is 0 Å². The van der Waals surface area contributed by atoms with E-state index < -0.39 is 13.7 Å². The second kappa shape index (κ2) is 14.4. The van der Waals surface area contributed by atoms with E-state index in [-0.39, 0.29) is 31.2 Å². The van der Waals surface area contributed by atoms with Crippen LogP contribution >= 0.6 is 0 Å². The predicted molar refractivity (Wildman–Crippen MR) is 214 cm³/mol. The second-order valence-corrected chi connectivity index (χ2v) is 13.8. The molecule has 5 aromatic carbocycles. The summed E-state index contributed by atoms with van der Waals surface area (Å²) in [6, 6.07) is 32.7. The number of rotatable bonds is 5. The SMILES string of the molecule is CC(C)c1cccc(C(C)C)c1-n1c(-c2[c-]c3ocnc3c3c2oc2c3ccc3ncoc32)nc2ccccc21.[2H]C([2H])([2H])c1c[c-]c(-c2ccc(C([2H])([2H])[2H])cn2)cc1.[Ir]. The summed E-state index contributed by atoms with van der Waals surface area (Å²) >= 11 is 0. The number of imidazole rings is 1. The molecule has 10 rings (SSSR count). The molecule has 5 aromatic heterocycles. The zero-order chi connectivity index (χ0) is 42.1. The normalized spacial score (nSPS) is 13.7. The maximum atomic E-state index is 7.28. The summed E-state index contributed by atoms with van der Waals surface area (Å²) in [7, 11) is 0. The zero-order valence-corrected chi connectivity index (χ0v) is 32.7. The van der Waals surface area contributed by atoms with E-state index in [9.17, 15) is 0 Å². The number of oxazole rings is 2. The molecule has 10 aromatic rings. The Hall–Kier alpha value is -5.89. The minimum atomic E-state index is -2.18. The van der Waals surface area contributed by atoms with E-state index in [0.717, 1.165) is 38.8 Å². The molecule has 5 heterocycles. The van der Waals surface area contributed by atoms with Crippen LogP contribution in [0.3, 0.4) is 0 Å². The van der Waals surface area contributed by atoms with Gasteiger partial charge in [-0.3, -0.25) is 9.97 Å². The molecule has 0 spiro atoms. The summed E-state index contributed by atoms with van der Waals surface area (Å²) in [5.74, 6) is 1.33. The fourth-order valence-corrected chi connectivity index (χ4v) is 7.06. The van der Waals surface area contributed by atoms with Crippen molar-refractivity contribution in [2.45, 2.75) is 53.2 Å². The first kappa shape index (κ1) is 29.5. The van der Waals surface area contributed by atoms with E-state index in [4.69, 9.17) is 26.5 Å². The molecule has 0 saturated heterocycles. The van der Waals surface area contributed by atoms with Crippen molar-refractivity contribution in [3.8, 4) is 28.3 Å². The van der Waals surface area contributed by atoms with Crippen molar-refractivity contribution in [3.63, 3.8) is 0 Å². The molecule has 55 heavy (non-hydrogen) atoms. The fraction of sp³-hybridized carbons (Fsp3) is 0.174. The van der Waals surface area contributed by atoms with Crippen LogP contribution in [0.15, 0.2) is 117 Å². The third kappa shape index (κ3) is 6.23. The quantitative estimate of drug-likeness (QED) is 0.159. The van der Waals surface area contributed by atoms with Crippen LogP contribution in [-0.4, -0.2) is 24.5 Å². The smallest absolute Gasteiger partial charge is 0.196 e. The molecule has 0 saturated carbocycles. The minimum Gasteiger partial charge on any atom is -0.497 e. The van der Waals surface area contributed by atoms with Gasteiger partial charge in [-0.25, -0.2) is 4.98 Å². The Kier molecular flexibility index (Phi) is 7.71. The Morgan fingerprint density at radius 3 is 2.24 bits per heavy atom. The Balaban J connectivity index is 0.000000208. The number of hydrogen-bond donors (Lipinski definition) is 0. The van der Waals surface area contributed by atoms with E-state index in [2.05, 4.69) is 89.7 Å². The molecule has 0 atom stereocenters. The Labute approximate surface area is 340 Å². The summed E-state index contributed by atoms with van der Waals surface area (Å²) < 4.78 is 64.1. The molecular formula is C46H37IrN5O3-2. The largest absolute Gasteiger partial charge is 0.497 e. The van der Waals surface area contributed by atoms with Gasteiger partial charge in [-0.15, -0.1) is 35.4 Å². The summed E-state index contributed by atoms with van der Waals surface area (Å²) in [5.41, 5.74) is 11.6. The molecule has 0 amide bonds. The van der Waals surface area contributed by atoms with Crippen LogP contribution in [0.5, 0.6) is 0 Å². The Morgan fingerprint density at radius 2 is 1.51 bits per heavy atom. The van der Waals surface area contributed by atoms with Gasteiger partial charge in [0.25, 0.3) is 0 Å². The van der Waals surface area contributed by atoms with Gasteiger partial charge in [-0.2, -0.15) is 0 Å². The number of hydrogen-bond acceptors (Lipinski definition) is 7. The van der Waals surface area contributed by atoms with Gasteiger partial charge in [-0.05, 0) is 70.7 Å². The molecule has 0 aliphatic rings. The van der Waals surface area contributed by atoms with E-state index in [1.165, 1.54) is 48.3 Å². The van der Waals surface area contributed by atoms with E-state index >= 15 is 0 Å². The third-order valence-corrected chi connectivity index (χ3v) is 9.63. The van der Waals surface area contributed by atoms with Crippen LogP contribution in [0.25, 0.3) is 83.5 Å². The van der Waals surface area contributed by atoms with Gasteiger partial charge in [-0.1, -0.05) is 88.6 Å². The third-order valence-electron chi connectivity index (χ3n) is 9.63. The molecular weight excluding hydrogens is 863 g/mol. The predicted octanol–water partition coefficient (Wildman–Crippen LogP) is 12.1. The first-order valence-corrected chi connectivity index (χ1v) is 17.7. The monoisotopic (exact) mass is 906 g/mol. The van der Waals surface area contributed by atoms with E-state index in [0.29, 0.717) is 56.5 Å². The molecule has 0 N–H and O–H groups in total. The van der Waals surface area contributed by atoms with Crippen molar-refractivity contribution in [1.82, 2.24) is 24.5 Å². The van der Waals surface area contributed by atoms with E-state index in [1.54, 1.807) is 12.1 Å². The molecule has 0 bridgehead atoms. The van der Waals surface area contributed by atoms with Crippen molar-refractivity contribution in [2.75, 3.05) is 0 Å². The average Bonchev–Trinajstić information content (AvgIpc) is 4.04. The molecule has 0 aliphatic heterocycles. The van der Waals surface area contributed by atoms with Gasteiger partial charge in [0, 0.05) is 51.1 Å². The van der Waals surface area contributed by atoms with Gasteiger partial charge < -0.3 is 22.8 Å². The minimum absolute atomic E-state index is 0. The van der Waals surface area contributed by atoms with Crippen LogP contribution in [0.2, 0.25) is 0 Å². The molecule has 275 valence electrons. The van der Waals surface area contributed by atoms with E-state index in [1.807, 2.05) is 24.3 Å². The Morgan fingerprint density at radius 1 is 0.727 bits per heavy atom. The average molecular weight is 906 g/mol. The summed E-state index contributed by atoms with van der Waals surface area (Å²) in [6.45, 7) is 4.58. The van der Waals surface area contributed by atoms with Gasteiger partial charge >= 0.3 is 0 Å². The molecule has 9 heteroatoms. The van der Waals surface area contributed by atoms with Crippen LogP contribution in [0.1, 0.15) is 70.0 Å². The van der Waals surface area contributed by atoms with Gasteiger partial charge in [0.15, 0.2) is 24.0 Å². The van der Waals surface area contributed by atoms with Crippen molar-refractivity contribution < 1.29 is 41.6 Å². The molecule has 8 nitrogen and oxygen atoms in total. The van der Waals surface area contributed by atoms with Crippen molar-refractivity contribution in [2.24, 2.45) is 0 Å². The van der Waals surface area contributed by atoms with Crippen molar-refractivity contribution in [3.05, 3.63) is 138 Å². The number of aryl methyl sites for hydroxylation is 2. The molecule has 0 aliphatic carbocycles. The standard InChI is InChI=1S/C33H25N4O3.C13H12N.Ir/c1-17(2)19-8-7-9-20(18(3)4)29(19)37-25-11-6-5-10-23(25)36-33(37)22-14-26-28(35-16-38-26)27-21-12-13-24-32(39-15-34-24)31(21)40-30(22)27;1-10-3-6-12(7-4-10)13-8-5-11(2)9-14-13;/h5-13,15-18H,1-4H3;3-6,8-9H,1-2H3;/q2*-1;/i;1D3,2D3;. The van der Waals surface area contributed by atoms with Crippen LogP contribution in [-0.2, 0) is 20.1 Å². The maximum Gasteiger partial charge on any atom is 0.196 e. The molecule has 1 radical (unpaired) electrons.